The van der Waals surface area contributed by atoms with Crippen LogP contribution in [0.4, 0.5) is 14.9 Å². The highest BCUT2D eigenvalue weighted by Crippen LogP contribution is 2.29. The SMILES string of the molecule is O=C(C[C@@H]1CC[C@H]2[C@@H](COC[C@H](O)CN2C(=O)Nc2ccc(F)cc2)O1)NC1Cc2ccccc2C1. The number of aliphatic hydroxyl groups excluding tert-OH is 1. The third-order valence-electron chi connectivity index (χ3n) is 7.17. The lowest BCUT2D eigenvalue weighted by Crippen LogP contribution is -2.58. The van der Waals surface area contributed by atoms with Gasteiger partial charge in [0.05, 0.1) is 44.4 Å². The van der Waals surface area contributed by atoms with E-state index in [2.05, 4.69) is 22.8 Å². The maximum Gasteiger partial charge on any atom is 0.322 e. The minimum atomic E-state index is -0.830. The van der Waals surface area contributed by atoms with Gasteiger partial charge in [-0.1, -0.05) is 24.3 Å². The van der Waals surface area contributed by atoms with Gasteiger partial charge in [-0.15, -0.1) is 0 Å². The van der Waals surface area contributed by atoms with E-state index in [1.807, 2.05) is 12.1 Å². The van der Waals surface area contributed by atoms with Gasteiger partial charge in [0.1, 0.15) is 11.9 Å². The molecule has 36 heavy (non-hydrogen) atoms. The van der Waals surface area contributed by atoms with Crippen LogP contribution in [0, 0.1) is 5.82 Å². The van der Waals surface area contributed by atoms with Crippen molar-refractivity contribution < 1.29 is 28.6 Å². The van der Waals surface area contributed by atoms with Crippen molar-refractivity contribution in [3.8, 4) is 0 Å². The van der Waals surface area contributed by atoms with E-state index in [4.69, 9.17) is 9.47 Å². The summed E-state index contributed by atoms with van der Waals surface area (Å²) < 4.78 is 25.1. The lowest BCUT2D eigenvalue weighted by Gasteiger charge is -2.44. The van der Waals surface area contributed by atoms with Gasteiger partial charge in [0.2, 0.25) is 5.91 Å². The van der Waals surface area contributed by atoms with E-state index in [-0.39, 0.29) is 56.1 Å². The molecule has 3 N–H and O–H groups in total. The zero-order valence-electron chi connectivity index (χ0n) is 20.1. The Bertz CT molecular complexity index is 1060. The standard InChI is InChI=1S/C27H32FN3O5/c28-19-5-7-20(8-6-19)30-27(34)31-14-22(32)15-35-16-25-24(31)10-9-23(36-25)13-26(33)29-21-11-17-3-1-2-4-18(17)12-21/h1-8,21-25,32H,9-16H2,(H,29,33)(H,30,34)/t22-,23+,24+,25-/m1/s1. The third-order valence-corrected chi connectivity index (χ3v) is 7.17. The number of anilines is 1. The molecule has 2 aliphatic heterocycles. The highest BCUT2D eigenvalue weighted by Gasteiger charge is 2.40. The number of ether oxygens (including phenoxy) is 2. The number of rotatable bonds is 4. The molecule has 3 aliphatic rings. The summed E-state index contributed by atoms with van der Waals surface area (Å²) in [5, 5.41) is 16.2. The van der Waals surface area contributed by atoms with Gasteiger partial charge in [-0.05, 0) is 61.1 Å². The van der Waals surface area contributed by atoms with Crippen molar-refractivity contribution in [1.82, 2.24) is 10.2 Å². The lowest BCUT2D eigenvalue weighted by atomic mass is 9.95. The van der Waals surface area contributed by atoms with Crippen LogP contribution in [0.2, 0.25) is 0 Å². The van der Waals surface area contributed by atoms with Crippen LogP contribution in [-0.2, 0) is 27.1 Å². The molecular weight excluding hydrogens is 465 g/mol. The molecule has 2 aromatic rings. The van der Waals surface area contributed by atoms with Gasteiger partial charge in [0.25, 0.3) is 0 Å². The number of halogens is 1. The summed E-state index contributed by atoms with van der Waals surface area (Å²) in [7, 11) is 0. The number of β-amino-alcohol motifs (C(OH)–C–C–N with tert-alkyl or cyclic N) is 1. The number of carbonyl (C=O) groups excluding carboxylic acids is 2. The number of fused-ring (bicyclic) bond motifs is 2. The van der Waals surface area contributed by atoms with E-state index in [9.17, 15) is 19.1 Å². The van der Waals surface area contributed by atoms with Crippen molar-refractivity contribution in [3.63, 3.8) is 0 Å². The van der Waals surface area contributed by atoms with Crippen LogP contribution in [0.25, 0.3) is 0 Å². The molecule has 0 aromatic heterocycles. The maximum atomic E-state index is 13.2. The summed E-state index contributed by atoms with van der Waals surface area (Å²) in [6, 6.07) is 13.2. The summed E-state index contributed by atoms with van der Waals surface area (Å²) in [6.07, 6.45) is 1.63. The zero-order chi connectivity index (χ0) is 25.1. The second kappa shape index (κ2) is 10.9. The van der Waals surface area contributed by atoms with Gasteiger partial charge in [0.15, 0.2) is 0 Å². The number of nitrogens with zero attached hydrogens (tertiary/aromatic N) is 1. The number of amides is 3. The fourth-order valence-corrected chi connectivity index (χ4v) is 5.46. The Balaban J connectivity index is 1.18. The Kier molecular flexibility index (Phi) is 7.50. The summed E-state index contributed by atoms with van der Waals surface area (Å²) in [6.45, 7) is 0.392. The van der Waals surface area contributed by atoms with Gasteiger partial charge in [-0.2, -0.15) is 0 Å². The smallest absolute Gasteiger partial charge is 0.322 e. The molecule has 192 valence electrons. The number of carbonyl (C=O) groups is 2. The molecule has 0 unspecified atom stereocenters. The Labute approximate surface area is 209 Å². The summed E-state index contributed by atoms with van der Waals surface area (Å²) in [4.78, 5) is 27.5. The highest BCUT2D eigenvalue weighted by atomic mass is 19.1. The number of aliphatic hydroxyl groups is 1. The number of urea groups is 1. The zero-order valence-corrected chi connectivity index (χ0v) is 20.1. The first-order valence-electron chi connectivity index (χ1n) is 12.5. The molecule has 0 saturated carbocycles. The Morgan fingerprint density at radius 2 is 1.75 bits per heavy atom. The molecule has 8 nitrogen and oxygen atoms in total. The monoisotopic (exact) mass is 497 g/mol. The lowest BCUT2D eigenvalue weighted by molar-refractivity contribution is -0.150. The Morgan fingerprint density at radius 3 is 2.47 bits per heavy atom. The molecule has 2 saturated heterocycles. The normalized spacial score (nSPS) is 26.3. The van der Waals surface area contributed by atoms with Crippen molar-refractivity contribution in [2.75, 3.05) is 25.1 Å². The van der Waals surface area contributed by atoms with E-state index in [1.165, 1.54) is 35.4 Å². The second-order valence-electron chi connectivity index (χ2n) is 9.87. The van der Waals surface area contributed by atoms with Crippen molar-refractivity contribution in [3.05, 3.63) is 65.5 Å². The predicted molar refractivity (Wildman–Crippen MR) is 131 cm³/mol. The van der Waals surface area contributed by atoms with Crippen LogP contribution in [0.5, 0.6) is 0 Å². The third kappa shape index (κ3) is 5.86. The van der Waals surface area contributed by atoms with Gasteiger partial charge in [0, 0.05) is 11.7 Å². The second-order valence-corrected chi connectivity index (χ2v) is 9.87. The quantitative estimate of drug-likeness (QED) is 0.603. The van der Waals surface area contributed by atoms with Crippen LogP contribution in [-0.4, -0.2) is 72.1 Å². The van der Waals surface area contributed by atoms with E-state index in [0.29, 0.717) is 18.5 Å². The van der Waals surface area contributed by atoms with Crippen molar-refractivity contribution >= 4 is 17.6 Å². The van der Waals surface area contributed by atoms with Crippen LogP contribution in [0.3, 0.4) is 0 Å². The number of nitrogens with one attached hydrogen (secondary N) is 2. The first-order chi connectivity index (χ1) is 17.4. The fraction of sp³-hybridized carbons (Fsp3) is 0.481. The molecule has 1 aliphatic carbocycles. The molecule has 5 rings (SSSR count). The van der Waals surface area contributed by atoms with Crippen molar-refractivity contribution in [2.45, 2.75) is 62.5 Å². The Hall–Kier alpha value is -3.01. The molecule has 9 heteroatoms. The number of hydrogen-bond acceptors (Lipinski definition) is 5. The summed E-state index contributed by atoms with van der Waals surface area (Å²) in [5.41, 5.74) is 3.03. The van der Waals surface area contributed by atoms with Gasteiger partial charge in [-0.3, -0.25) is 4.79 Å². The maximum absolute atomic E-state index is 13.2. The molecule has 2 fully saturated rings. The molecule has 2 heterocycles. The Morgan fingerprint density at radius 1 is 1.03 bits per heavy atom. The molecule has 2 aromatic carbocycles. The first-order valence-corrected chi connectivity index (χ1v) is 12.5. The minimum absolute atomic E-state index is 0.0376. The van der Waals surface area contributed by atoms with Crippen LogP contribution >= 0.6 is 0 Å². The van der Waals surface area contributed by atoms with Crippen LogP contribution < -0.4 is 10.6 Å². The number of benzene rings is 2. The van der Waals surface area contributed by atoms with Gasteiger partial charge in [-0.25, -0.2) is 9.18 Å². The molecular formula is C27H32FN3O5. The average molecular weight is 498 g/mol. The minimum Gasteiger partial charge on any atom is -0.389 e. The average Bonchev–Trinajstić information content (AvgIpc) is 3.25. The van der Waals surface area contributed by atoms with Crippen LogP contribution in [0.1, 0.15) is 30.4 Å². The fourth-order valence-electron chi connectivity index (χ4n) is 5.46. The van der Waals surface area contributed by atoms with Crippen molar-refractivity contribution in [2.24, 2.45) is 0 Å². The molecule has 0 spiro atoms. The van der Waals surface area contributed by atoms with Crippen molar-refractivity contribution in [1.29, 1.82) is 0 Å². The molecule has 4 atom stereocenters. The van der Waals surface area contributed by atoms with Gasteiger partial charge < -0.3 is 30.1 Å². The largest absolute Gasteiger partial charge is 0.389 e. The van der Waals surface area contributed by atoms with E-state index >= 15 is 0 Å². The topological polar surface area (TPSA) is 100 Å². The summed E-state index contributed by atoms with van der Waals surface area (Å²) >= 11 is 0. The van der Waals surface area contributed by atoms with Crippen LogP contribution in [0.15, 0.2) is 48.5 Å². The predicted octanol–water partition coefficient (Wildman–Crippen LogP) is 2.64. The first kappa shape index (κ1) is 24.7. The highest BCUT2D eigenvalue weighted by molar-refractivity contribution is 5.89. The summed E-state index contributed by atoms with van der Waals surface area (Å²) in [5.74, 6) is -0.426. The van der Waals surface area contributed by atoms with Gasteiger partial charge >= 0.3 is 6.03 Å². The van der Waals surface area contributed by atoms with E-state index < -0.39 is 18.2 Å². The molecule has 0 radical (unpaired) electrons. The number of hydrogen-bond donors (Lipinski definition) is 3. The van der Waals surface area contributed by atoms with E-state index in [1.54, 1.807) is 4.90 Å². The molecule has 3 amide bonds. The van der Waals surface area contributed by atoms with E-state index in [0.717, 1.165) is 12.8 Å². The molecule has 0 bridgehead atoms.